The molecule has 7 nitrogen and oxygen atoms in total. The van der Waals surface area contributed by atoms with E-state index in [9.17, 15) is 9.59 Å². The molecule has 0 bridgehead atoms. The van der Waals surface area contributed by atoms with Gasteiger partial charge in [-0.15, -0.1) is 0 Å². The number of rotatable bonds is 6. The minimum absolute atomic E-state index is 0.0456. The molecule has 150 valence electrons. The lowest BCUT2D eigenvalue weighted by Gasteiger charge is -2.11. The Balaban J connectivity index is 1.62. The standard InChI is InChI=1S/C22H25N5O2/c1-13(2)27-21-18(12-24-27)17(11-19(26-21)15-6-7-15)22(29)25-16-8-4-14(5-9-16)10-20(28)23-3/h4-5,8-9,11-13,15H,6-7,10H2,1-3H3,(H,23,28)(H,25,29). The van der Waals surface area contributed by atoms with Crippen molar-refractivity contribution in [2.75, 3.05) is 12.4 Å². The Kier molecular flexibility index (Phi) is 5.05. The average Bonchev–Trinajstić information content (AvgIpc) is 3.47. The molecule has 4 rings (SSSR count). The molecule has 29 heavy (non-hydrogen) atoms. The summed E-state index contributed by atoms with van der Waals surface area (Å²) in [7, 11) is 1.61. The van der Waals surface area contributed by atoms with Crippen LogP contribution in [0.2, 0.25) is 0 Å². The maximum Gasteiger partial charge on any atom is 0.256 e. The van der Waals surface area contributed by atoms with Gasteiger partial charge in [0.15, 0.2) is 5.65 Å². The van der Waals surface area contributed by atoms with Crippen molar-refractivity contribution in [2.24, 2.45) is 0 Å². The minimum Gasteiger partial charge on any atom is -0.359 e. The fourth-order valence-electron chi connectivity index (χ4n) is 3.37. The van der Waals surface area contributed by atoms with Crippen molar-refractivity contribution in [2.45, 2.75) is 45.1 Å². The van der Waals surface area contributed by atoms with Gasteiger partial charge in [-0.3, -0.25) is 9.59 Å². The van der Waals surface area contributed by atoms with Crippen molar-refractivity contribution < 1.29 is 9.59 Å². The molecule has 0 spiro atoms. The quantitative estimate of drug-likeness (QED) is 0.674. The van der Waals surface area contributed by atoms with E-state index in [1.807, 2.05) is 35.0 Å². The summed E-state index contributed by atoms with van der Waals surface area (Å²) >= 11 is 0. The van der Waals surface area contributed by atoms with Crippen LogP contribution in [-0.4, -0.2) is 33.6 Å². The van der Waals surface area contributed by atoms with Crippen molar-refractivity contribution in [1.82, 2.24) is 20.1 Å². The van der Waals surface area contributed by atoms with Gasteiger partial charge in [0.2, 0.25) is 5.91 Å². The highest BCUT2D eigenvalue weighted by molar-refractivity contribution is 6.12. The number of benzene rings is 1. The van der Waals surface area contributed by atoms with Crippen molar-refractivity contribution in [3.05, 3.63) is 53.3 Å². The molecule has 0 atom stereocenters. The van der Waals surface area contributed by atoms with E-state index in [2.05, 4.69) is 29.6 Å². The number of hydrogen-bond acceptors (Lipinski definition) is 4. The highest BCUT2D eigenvalue weighted by atomic mass is 16.2. The third-order valence-corrected chi connectivity index (χ3v) is 5.17. The number of aromatic nitrogens is 3. The molecular weight excluding hydrogens is 366 g/mol. The summed E-state index contributed by atoms with van der Waals surface area (Å²) in [5.74, 6) is 0.211. The van der Waals surface area contributed by atoms with Crippen LogP contribution >= 0.6 is 0 Å². The molecule has 0 unspecified atom stereocenters. The van der Waals surface area contributed by atoms with Gasteiger partial charge in [-0.1, -0.05) is 12.1 Å². The first kappa shape index (κ1) is 19.1. The second kappa shape index (κ2) is 7.66. The monoisotopic (exact) mass is 391 g/mol. The Hall–Kier alpha value is -3.22. The average molecular weight is 391 g/mol. The number of pyridine rings is 1. The molecule has 1 aliphatic rings. The molecule has 0 radical (unpaired) electrons. The normalized spacial score (nSPS) is 13.7. The molecule has 2 N–H and O–H groups in total. The summed E-state index contributed by atoms with van der Waals surface area (Å²) in [4.78, 5) is 29.4. The van der Waals surface area contributed by atoms with Gasteiger partial charge in [-0.25, -0.2) is 9.67 Å². The molecule has 1 fully saturated rings. The summed E-state index contributed by atoms with van der Waals surface area (Å²) in [5.41, 5.74) is 3.90. The maximum atomic E-state index is 13.1. The molecular formula is C22H25N5O2. The lowest BCUT2D eigenvalue weighted by Crippen LogP contribution is -2.19. The third-order valence-electron chi connectivity index (χ3n) is 5.17. The molecule has 2 heterocycles. The van der Waals surface area contributed by atoms with E-state index in [1.165, 1.54) is 0 Å². The predicted molar refractivity (Wildman–Crippen MR) is 112 cm³/mol. The molecule has 1 aliphatic carbocycles. The van der Waals surface area contributed by atoms with Gasteiger partial charge in [0.1, 0.15) is 0 Å². The van der Waals surface area contributed by atoms with E-state index in [0.29, 0.717) is 23.6 Å². The minimum atomic E-state index is -0.179. The molecule has 1 saturated carbocycles. The number of nitrogens with one attached hydrogen (secondary N) is 2. The molecule has 2 amide bonds. The van der Waals surface area contributed by atoms with Gasteiger partial charge >= 0.3 is 0 Å². The molecule has 1 aromatic carbocycles. The number of carbonyl (C=O) groups is 2. The topological polar surface area (TPSA) is 88.9 Å². The molecule has 0 aliphatic heterocycles. The molecule has 2 aromatic heterocycles. The lowest BCUT2D eigenvalue weighted by atomic mass is 10.1. The first-order valence-electron chi connectivity index (χ1n) is 9.95. The summed E-state index contributed by atoms with van der Waals surface area (Å²) in [6.07, 6.45) is 4.26. The Morgan fingerprint density at radius 2 is 1.93 bits per heavy atom. The van der Waals surface area contributed by atoms with E-state index in [-0.39, 0.29) is 17.9 Å². The van der Waals surface area contributed by atoms with Crippen LogP contribution in [0, 0.1) is 0 Å². The van der Waals surface area contributed by atoms with Crippen molar-refractivity contribution in [1.29, 1.82) is 0 Å². The van der Waals surface area contributed by atoms with E-state index < -0.39 is 0 Å². The maximum absolute atomic E-state index is 13.1. The highest BCUT2D eigenvalue weighted by Crippen LogP contribution is 2.40. The number of likely N-dealkylation sites (N-methyl/N-ethyl adjacent to an activating group) is 1. The number of amides is 2. The zero-order valence-electron chi connectivity index (χ0n) is 16.9. The Bertz CT molecular complexity index is 1060. The van der Waals surface area contributed by atoms with Crippen molar-refractivity contribution in [3.8, 4) is 0 Å². The number of anilines is 1. The predicted octanol–water partition coefficient (Wildman–Crippen LogP) is 3.43. The van der Waals surface area contributed by atoms with Gasteiger partial charge in [0.05, 0.1) is 23.6 Å². The van der Waals surface area contributed by atoms with Crippen LogP contribution in [0.5, 0.6) is 0 Å². The summed E-state index contributed by atoms with van der Waals surface area (Å²) in [6, 6.07) is 9.39. The number of fused-ring (bicyclic) bond motifs is 1. The number of hydrogen-bond donors (Lipinski definition) is 2. The van der Waals surface area contributed by atoms with Gasteiger partial charge < -0.3 is 10.6 Å². The largest absolute Gasteiger partial charge is 0.359 e. The molecule has 3 aromatic rings. The molecule has 0 saturated heterocycles. The van der Waals surface area contributed by atoms with Crippen molar-refractivity contribution >= 4 is 28.5 Å². The van der Waals surface area contributed by atoms with Gasteiger partial charge in [0, 0.05) is 30.4 Å². The van der Waals surface area contributed by atoms with E-state index in [0.717, 1.165) is 35.1 Å². The van der Waals surface area contributed by atoms with Crippen LogP contribution in [0.15, 0.2) is 36.5 Å². The summed E-state index contributed by atoms with van der Waals surface area (Å²) < 4.78 is 1.87. The zero-order valence-corrected chi connectivity index (χ0v) is 16.9. The van der Waals surface area contributed by atoms with Crippen LogP contribution in [-0.2, 0) is 11.2 Å². The second-order valence-electron chi connectivity index (χ2n) is 7.79. The smallest absolute Gasteiger partial charge is 0.256 e. The SMILES string of the molecule is CNC(=O)Cc1ccc(NC(=O)c2cc(C3CC3)nc3c2cnn3C(C)C)cc1. The van der Waals surface area contributed by atoms with Crippen LogP contribution in [0.1, 0.15) is 60.3 Å². The van der Waals surface area contributed by atoms with Gasteiger partial charge in [0.25, 0.3) is 5.91 Å². The van der Waals surface area contributed by atoms with Crippen LogP contribution in [0.25, 0.3) is 11.0 Å². The summed E-state index contributed by atoms with van der Waals surface area (Å²) in [6.45, 7) is 4.11. The van der Waals surface area contributed by atoms with E-state index in [4.69, 9.17) is 4.98 Å². The Morgan fingerprint density at radius 3 is 2.55 bits per heavy atom. The molecule has 7 heteroatoms. The fourth-order valence-corrected chi connectivity index (χ4v) is 3.37. The first-order chi connectivity index (χ1) is 14.0. The Morgan fingerprint density at radius 1 is 1.21 bits per heavy atom. The number of nitrogens with zero attached hydrogens (tertiary/aromatic N) is 3. The van der Waals surface area contributed by atoms with Gasteiger partial charge in [-0.05, 0) is 50.5 Å². The zero-order chi connectivity index (χ0) is 20.5. The summed E-state index contributed by atoms with van der Waals surface area (Å²) in [5, 5.41) is 10.8. The number of carbonyl (C=O) groups excluding carboxylic acids is 2. The van der Waals surface area contributed by atoms with E-state index in [1.54, 1.807) is 13.2 Å². The van der Waals surface area contributed by atoms with Gasteiger partial charge in [-0.2, -0.15) is 5.10 Å². The third kappa shape index (κ3) is 3.99. The van der Waals surface area contributed by atoms with Crippen LogP contribution in [0.4, 0.5) is 5.69 Å². The van der Waals surface area contributed by atoms with Crippen LogP contribution in [0.3, 0.4) is 0 Å². The van der Waals surface area contributed by atoms with Crippen LogP contribution < -0.4 is 10.6 Å². The van der Waals surface area contributed by atoms with Crippen molar-refractivity contribution in [3.63, 3.8) is 0 Å². The lowest BCUT2D eigenvalue weighted by molar-refractivity contribution is -0.119. The Labute approximate surface area is 169 Å². The van der Waals surface area contributed by atoms with E-state index >= 15 is 0 Å². The first-order valence-corrected chi connectivity index (χ1v) is 9.95. The fraction of sp³-hybridized carbons (Fsp3) is 0.364. The highest BCUT2D eigenvalue weighted by Gasteiger charge is 2.28. The second-order valence-corrected chi connectivity index (χ2v) is 7.79.